The Labute approximate surface area is 127 Å². The SMILES string of the molecule is CN(C)c1nc(Cl)cc(NS(=O)(=O)c2ccc(N)cc2)n1. The number of benzene rings is 1. The highest BCUT2D eigenvalue weighted by Gasteiger charge is 2.16. The molecule has 0 unspecified atom stereocenters. The van der Waals surface area contributed by atoms with Gasteiger partial charge in [0.25, 0.3) is 10.0 Å². The molecule has 0 radical (unpaired) electrons. The summed E-state index contributed by atoms with van der Waals surface area (Å²) in [4.78, 5) is 9.75. The number of nitrogens with two attached hydrogens (primary N) is 1. The lowest BCUT2D eigenvalue weighted by Gasteiger charge is -2.13. The molecule has 0 aliphatic carbocycles. The number of anilines is 3. The van der Waals surface area contributed by atoms with E-state index in [-0.39, 0.29) is 15.9 Å². The zero-order valence-electron chi connectivity index (χ0n) is 11.4. The first-order valence-corrected chi connectivity index (χ1v) is 7.74. The number of hydrogen-bond acceptors (Lipinski definition) is 6. The summed E-state index contributed by atoms with van der Waals surface area (Å²) in [6, 6.07) is 7.17. The minimum Gasteiger partial charge on any atom is -0.399 e. The Morgan fingerprint density at radius 1 is 1.19 bits per heavy atom. The predicted octanol–water partition coefficient (Wildman–Crippen LogP) is 1.58. The maximum atomic E-state index is 12.2. The smallest absolute Gasteiger partial charge is 0.263 e. The van der Waals surface area contributed by atoms with E-state index in [2.05, 4.69) is 14.7 Å². The van der Waals surface area contributed by atoms with Crippen molar-refractivity contribution in [2.24, 2.45) is 0 Å². The molecule has 1 heterocycles. The number of hydrogen-bond donors (Lipinski definition) is 2. The molecule has 0 fully saturated rings. The van der Waals surface area contributed by atoms with Gasteiger partial charge in [-0.05, 0) is 24.3 Å². The summed E-state index contributed by atoms with van der Waals surface area (Å²) in [5.41, 5.74) is 6.02. The number of rotatable bonds is 4. The second-order valence-electron chi connectivity index (χ2n) is 4.44. The van der Waals surface area contributed by atoms with E-state index in [0.29, 0.717) is 11.6 Å². The molecule has 7 nitrogen and oxygen atoms in total. The monoisotopic (exact) mass is 327 g/mol. The maximum Gasteiger partial charge on any atom is 0.263 e. The molecule has 0 aliphatic heterocycles. The number of nitrogen functional groups attached to an aromatic ring is 1. The fraction of sp³-hybridized carbons (Fsp3) is 0.167. The highest BCUT2D eigenvalue weighted by atomic mass is 35.5. The Balaban J connectivity index is 2.34. The van der Waals surface area contributed by atoms with Crippen LogP contribution in [0.4, 0.5) is 17.5 Å². The summed E-state index contributed by atoms with van der Waals surface area (Å²) in [6.45, 7) is 0. The lowest BCUT2D eigenvalue weighted by Crippen LogP contribution is -2.17. The van der Waals surface area contributed by atoms with Gasteiger partial charge in [0.15, 0.2) is 0 Å². The van der Waals surface area contributed by atoms with Crippen LogP contribution in [0.1, 0.15) is 0 Å². The van der Waals surface area contributed by atoms with Crippen LogP contribution < -0.4 is 15.4 Å². The van der Waals surface area contributed by atoms with Crippen LogP contribution in [-0.4, -0.2) is 32.5 Å². The Bertz CT molecular complexity index is 747. The van der Waals surface area contributed by atoms with E-state index in [1.54, 1.807) is 19.0 Å². The largest absolute Gasteiger partial charge is 0.399 e. The van der Waals surface area contributed by atoms with Crippen LogP contribution in [0.25, 0.3) is 0 Å². The topological polar surface area (TPSA) is 101 Å². The van der Waals surface area contributed by atoms with Crippen LogP contribution in [0.15, 0.2) is 35.2 Å². The van der Waals surface area contributed by atoms with Crippen molar-refractivity contribution in [2.75, 3.05) is 29.5 Å². The van der Waals surface area contributed by atoms with Crippen molar-refractivity contribution in [1.82, 2.24) is 9.97 Å². The van der Waals surface area contributed by atoms with Crippen LogP contribution in [0.2, 0.25) is 5.15 Å². The van der Waals surface area contributed by atoms with E-state index in [1.165, 1.54) is 30.3 Å². The first-order chi connectivity index (χ1) is 9.78. The number of nitrogens with zero attached hydrogens (tertiary/aromatic N) is 3. The van der Waals surface area contributed by atoms with Crippen LogP contribution in [0, 0.1) is 0 Å². The molecule has 1 aromatic carbocycles. The second-order valence-corrected chi connectivity index (χ2v) is 6.51. The third-order valence-electron chi connectivity index (χ3n) is 2.51. The summed E-state index contributed by atoms with van der Waals surface area (Å²) >= 11 is 5.86. The van der Waals surface area contributed by atoms with Gasteiger partial charge in [0.1, 0.15) is 11.0 Å². The van der Waals surface area contributed by atoms with E-state index in [1.807, 2.05) is 0 Å². The molecular weight excluding hydrogens is 314 g/mol. The van der Waals surface area contributed by atoms with E-state index in [0.717, 1.165) is 0 Å². The normalized spacial score (nSPS) is 11.2. The van der Waals surface area contributed by atoms with Gasteiger partial charge in [-0.2, -0.15) is 4.98 Å². The zero-order chi connectivity index (χ0) is 15.6. The molecular formula is C12H14ClN5O2S. The fourth-order valence-corrected chi connectivity index (χ4v) is 2.67. The number of nitrogens with one attached hydrogen (secondary N) is 1. The van der Waals surface area contributed by atoms with Gasteiger partial charge in [-0.3, -0.25) is 4.72 Å². The van der Waals surface area contributed by atoms with Crippen LogP contribution in [0.3, 0.4) is 0 Å². The van der Waals surface area contributed by atoms with Gasteiger partial charge in [0, 0.05) is 25.8 Å². The second kappa shape index (κ2) is 5.74. The minimum atomic E-state index is -3.76. The Hall–Kier alpha value is -2.06. The van der Waals surface area contributed by atoms with E-state index < -0.39 is 10.0 Å². The third-order valence-corrected chi connectivity index (χ3v) is 4.08. The molecule has 0 spiro atoms. The van der Waals surface area contributed by atoms with Gasteiger partial charge < -0.3 is 10.6 Å². The molecule has 3 N–H and O–H groups in total. The van der Waals surface area contributed by atoms with Crippen molar-refractivity contribution in [1.29, 1.82) is 0 Å². The Morgan fingerprint density at radius 2 is 1.81 bits per heavy atom. The van der Waals surface area contributed by atoms with Gasteiger partial charge in [-0.25, -0.2) is 13.4 Å². The fourth-order valence-electron chi connectivity index (χ4n) is 1.50. The van der Waals surface area contributed by atoms with Crippen molar-refractivity contribution in [2.45, 2.75) is 4.90 Å². The molecule has 2 aromatic rings. The van der Waals surface area contributed by atoms with Crippen molar-refractivity contribution in [3.05, 3.63) is 35.5 Å². The molecule has 0 bridgehead atoms. The highest BCUT2D eigenvalue weighted by molar-refractivity contribution is 7.92. The molecule has 0 saturated heterocycles. The minimum absolute atomic E-state index is 0.0813. The lowest BCUT2D eigenvalue weighted by atomic mass is 10.3. The van der Waals surface area contributed by atoms with Crippen molar-refractivity contribution in [3.63, 3.8) is 0 Å². The van der Waals surface area contributed by atoms with Gasteiger partial charge >= 0.3 is 0 Å². The summed E-state index contributed by atoms with van der Waals surface area (Å²) < 4.78 is 26.8. The van der Waals surface area contributed by atoms with Crippen LogP contribution >= 0.6 is 11.6 Å². The lowest BCUT2D eigenvalue weighted by molar-refractivity contribution is 0.601. The van der Waals surface area contributed by atoms with Gasteiger partial charge in [0.2, 0.25) is 5.95 Å². The molecule has 112 valence electrons. The summed E-state index contributed by atoms with van der Waals surface area (Å²) in [7, 11) is -0.310. The average molecular weight is 328 g/mol. The molecule has 2 rings (SSSR count). The number of sulfonamides is 1. The highest BCUT2D eigenvalue weighted by Crippen LogP contribution is 2.20. The van der Waals surface area contributed by atoms with E-state index in [4.69, 9.17) is 17.3 Å². The summed E-state index contributed by atoms with van der Waals surface area (Å²) in [5.74, 6) is 0.396. The quantitative estimate of drug-likeness (QED) is 0.653. The Morgan fingerprint density at radius 3 is 2.38 bits per heavy atom. The van der Waals surface area contributed by atoms with Crippen LogP contribution in [-0.2, 0) is 10.0 Å². The number of aromatic nitrogens is 2. The van der Waals surface area contributed by atoms with Gasteiger partial charge in [-0.1, -0.05) is 11.6 Å². The third kappa shape index (κ3) is 3.73. The maximum absolute atomic E-state index is 12.2. The molecule has 0 atom stereocenters. The molecule has 0 saturated carbocycles. The molecule has 21 heavy (non-hydrogen) atoms. The van der Waals surface area contributed by atoms with Crippen molar-refractivity contribution >= 4 is 39.1 Å². The standard InChI is InChI=1S/C12H14ClN5O2S/c1-18(2)12-15-10(13)7-11(16-12)17-21(19,20)9-5-3-8(14)4-6-9/h3-7H,14H2,1-2H3,(H,15,16,17). The first kappa shape index (κ1) is 15.3. The molecule has 1 aromatic heterocycles. The Kier molecular flexibility index (Phi) is 4.19. The van der Waals surface area contributed by atoms with E-state index in [9.17, 15) is 8.42 Å². The van der Waals surface area contributed by atoms with E-state index >= 15 is 0 Å². The first-order valence-electron chi connectivity index (χ1n) is 5.88. The molecule has 0 aliphatic rings. The summed E-state index contributed by atoms with van der Waals surface area (Å²) in [5, 5.41) is 0.142. The molecule has 9 heteroatoms. The average Bonchev–Trinajstić information content (AvgIpc) is 2.37. The van der Waals surface area contributed by atoms with Crippen LogP contribution in [0.5, 0.6) is 0 Å². The van der Waals surface area contributed by atoms with Crippen molar-refractivity contribution in [3.8, 4) is 0 Å². The summed E-state index contributed by atoms with van der Waals surface area (Å²) in [6.07, 6.45) is 0. The predicted molar refractivity (Wildman–Crippen MR) is 83.0 cm³/mol. The van der Waals surface area contributed by atoms with Gasteiger partial charge in [0.05, 0.1) is 4.90 Å². The molecule has 0 amide bonds. The zero-order valence-corrected chi connectivity index (χ0v) is 13.0. The van der Waals surface area contributed by atoms with Gasteiger partial charge in [-0.15, -0.1) is 0 Å². The van der Waals surface area contributed by atoms with Crippen molar-refractivity contribution < 1.29 is 8.42 Å². The number of halogens is 1.